The highest BCUT2D eigenvalue weighted by Crippen LogP contribution is 2.27. The number of hydrogen-bond donors (Lipinski definition) is 0. The van der Waals surface area contributed by atoms with Gasteiger partial charge >= 0.3 is 5.97 Å². The molecule has 1 aliphatic heterocycles. The molecule has 1 heterocycles. The minimum Gasteiger partial charge on any atom is -0.457 e. The molecule has 0 bridgehead atoms. The van der Waals surface area contributed by atoms with Crippen molar-refractivity contribution in [2.24, 2.45) is 0 Å². The number of ether oxygens (including phenoxy) is 1. The average Bonchev–Trinajstić information content (AvgIpc) is 2.54. The monoisotopic (exact) mass is 327 g/mol. The largest absolute Gasteiger partial charge is 0.457 e. The molecule has 3 heteroatoms. The van der Waals surface area contributed by atoms with E-state index in [0.29, 0.717) is 12.1 Å². The van der Waals surface area contributed by atoms with Crippen LogP contribution in [-0.4, -0.2) is 29.1 Å². The predicted octanol–water partition coefficient (Wildman–Crippen LogP) is 4.67. The summed E-state index contributed by atoms with van der Waals surface area (Å²) in [5, 5.41) is 0. The summed E-state index contributed by atoms with van der Waals surface area (Å²) in [6.07, 6.45) is 9.86. The van der Waals surface area contributed by atoms with Crippen molar-refractivity contribution in [2.75, 3.05) is 6.54 Å². The molecule has 1 aliphatic rings. The normalized spacial score (nSPS) is 20.2. The minimum atomic E-state index is -0.444. The maximum Gasteiger partial charge on any atom is 0.330 e. The highest BCUT2D eigenvalue weighted by Gasteiger charge is 2.23. The maximum absolute atomic E-state index is 11.8. The number of carbonyl (C=O) groups excluding carboxylic acids is 1. The minimum absolute atomic E-state index is 0.273. The molecule has 0 aromatic heterocycles. The zero-order valence-corrected chi connectivity index (χ0v) is 15.2. The van der Waals surface area contributed by atoms with Gasteiger partial charge in [-0.2, -0.15) is 0 Å². The molecule has 0 fully saturated rings. The molecule has 0 spiro atoms. The number of nitrogens with zero attached hydrogens (tertiary/aromatic N) is 1. The van der Waals surface area contributed by atoms with E-state index in [4.69, 9.17) is 4.74 Å². The summed E-state index contributed by atoms with van der Waals surface area (Å²) in [4.78, 5) is 14.3. The van der Waals surface area contributed by atoms with Gasteiger partial charge in [-0.1, -0.05) is 48.6 Å². The van der Waals surface area contributed by atoms with Crippen molar-refractivity contribution in [3.05, 3.63) is 60.2 Å². The fourth-order valence-corrected chi connectivity index (χ4v) is 3.01. The molecule has 1 aromatic carbocycles. The lowest BCUT2D eigenvalue weighted by Crippen LogP contribution is -2.38. The third-order valence-corrected chi connectivity index (χ3v) is 4.16. The first-order valence-corrected chi connectivity index (χ1v) is 8.74. The van der Waals surface area contributed by atoms with Crippen molar-refractivity contribution in [3.8, 4) is 0 Å². The summed E-state index contributed by atoms with van der Waals surface area (Å²) in [5.74, 6) is -0.273. The molecule has 130 valence electrons. The Balaban J connectivity index is 1.98. The van der Waals surface area contributed by atoms with Gasteiger partial charge in [-0.05, 0) is 46.1 Å². The van der Waals surface area contributed by atoms with Gasteiger partial charge in [-0.3, -0.25) is 4.90 Å². The number of hydrogen-bond acceptors (Lipinski definition) is 3. The van der Waals surface area contributed by atoms with Gasteiger partial charge in [0, 0.05) is 24.7 Å². The van der Waals surface area contributed by atoms with Crippen LogP contribution in [0.15, 0.2) is 54.6 Å². The topological polar surface area (TPSA) is 29.5 Å². The molecule has 0 saturated carbocycles. The number of carbonyl (C=O) groups is 1. The molecule has 0 N–H and O–H groups in total. The summed E-state index contributed by atoms with van der Waals surface area (Å²) >= 11 is 0. The highest BCUT2D eigenvalue weighted by molar-refractivity contribution is 5.82. The van der Waals surface area contributed by atoms with Crippen molar-refractivity contribution in [2.45, 2.75) is 58.2 Å². The zero-order valence-electron chi connectivity index (χ0n) is 15.2. The molecule has 1 aromatic rings. The van der Waals surface area contributed by atoms with Gasteiger partial charge < -0.3 is 4.74 Å². The third kappa shape index (κ3) is 5.64. The standard InChI is InChI=1S/C21H29NO2/c1-17(18-11-6-5-7-12-18)22-16-9-8-13-19(22)14-10-15-20(23)24-21(2,3)4/h5-8,10-13,15,17,19H,9,14,16H2,1-4H3/b15-10-/t17-,19-/m1/s1. The van der Waals surface area contributed by atoms with Crippen LogP contribution in [0.25, 0.3) is 0 Å². The number of rotatable bonds is 5. The van der Waals surface area contributed by atoms with E-state index in [1.54, 1.807) is 6.08 Å². The van der Waals surface area contributed by atoms with Gasteiger partial charge in [0.15, 0.2) is 0 Å². The van der Waals surface area contributed by atoms with Crippen molar-refractivity contribution in [3.63, 3.8) is 0 Å². The first kappa shape index (κ1) is 18.5. The second kappa shape index (κ2) is 8.29. The first-order chi connectivity index (χ1) is 11.4. The van der Waals surface area contributed by atoms with Crippen LogP contribution in [0, 0.1) is 0 Å². The van der Waals surface area contributed by atoms with Gasteiger partial charge in [0.25, 0.3) is 0 Å². The summed E-state index contributed by atoms with van der Waals surface area (Å²) in [7, 11) is 0. The van der Waals surface area contributed by atoms with Gasteiger partial charge in [0.1, 0.15) is 5.60 Å². The van der Waals surface area contributed by atoms with Crippen LogP contribution in [0.2, 0.25) is 0 Å². The molecule has 2 atom stereocenters. The zero-order chi connectivity index (χ0) is 17.6. The SMILES string of the molecule is C[C@H](c1ccccc1)N1CCC=C[C@@H]1C/C=C\C(=O)OC(C)(C)C. The van der Waals surface area contributed by atoms with Crippen molar-refractivity contribution >= 4 is 5.97 Å². The Kier molecular flexibility index (Phi) is 6.38. The van der Waals surface area contributed by atoms with Crippen LogP contribution >= 0.6 is 0 Å². The first-order valence-electron chi connectivity index (χ1n) is 8.74. The Labute approximate surface area is 146 Å². The summed E-state index contributed by atoms with van der Waals surface area (Å²) < 4.78 is 5.31. The molecule has 0 aliphatic carbocycles. The van der Waals surface area contributed by atoms with Crippen molar-refractivity contribution in [1.29, 1.82) is 0 Å². The lowest BCUT2D eigenvalue weighted by molar-refractivity contribution is -0.148. The molecular weight excluding hydrogens is 298 g/mol. The highest BCUT2D eigenvalue weighted by atomic mass is 16.6. The average molecular weight is 327 g/mol. The van der Waals surface area contributed by atoms with Crippen LogP contribution in [0.4, 0.5) is 0 Å². The van der Waals surface area contributed by atoms with Gasteiger partial charge in [0.05, 0.1) is 0 Å². The number of benzene rings is 1. The Bertz CT molecular complexity index is 584. The van der Waals surface area contributed by atoms with E-state index in [9.17, 15) is 4.79 Å². The van der Waals surface area contributed by atoms with E-state index in [0.717, 1.165) is 19.4 Å². The molecule has 0 saturated heterocycles. The predicted molar refractivity (Wildman–Crippen MR) is 98.7 cm³/mol. The van der Waals surface area contributed by atoms with E-state index in [1.165, 1.54) is 5.56 Å². The Morgan fingerprint density at radius 3 is 2.71 bits per heavy atom. The molecule has 0 amide bonds. The Hall–Kier alpha value is -1.87. The van der Waals surface area contributed by atoms with Gasteiger partial charge in [0.2, 0.25) is 0 Å². The molecule has 0 radical (unpaired) electrons. The van der Waals surface area contributed by atoms with Crippen LogP contribution < -0.4 is 0 Å². The molecule has 0 unspecified atom stereocenters. The lowest BCUT2D eigenvalue weighted by Gasteiger charge is -2.37. The Morgan fingerprint density at radius 2 is 2.04 bits per heavy atom. The van der Waals surface area contributed by atoms with Crippen LogP contribution in [0.3, 0.4) is 0 Å². The molecule has 3 nitrogen and oxygen atoms in total. The van der Waals surface area contributed by atoms with E-state index in [-0.39, 0.29) is 5.97 Å². The van der Waals surface area contributed by atoms with Crippen LogP contribution in [-0.2, 0) is 9.53 Å². The Morgan fingerprint density at radius 1 is 1.33 bits per heavy atom. The molecule has 2 rings (SSSR count). The summed E-state index contributed by atoms with van der Waals surface area (Å²) in [6.45, 7) is 8.93. The molecule has 24 heavy (non-hydrogen) atoms. The smallest absolute Gasteiger partial charge is 0.330 e. The van der Waals surface area contributed by atoms with Crippen molar-refractivity contribution in [1.82, 2.24) is 4.90 Å². The third-order valence-electron chi connectivity index (χ3n) is 4.16. The van der Waals surface area contributed by atoms with Crippen molar-refractivity contribution < 1.29 is 9.53 Å². The van der Waals surface area contributed by atoms with Gasteiger partial charge in [-0.25, -0.2) is 4.79 Å². The maximum atomic E-state index is 11.8. The van der Waals surface area contributed by atoms with E-state index in [1.807, 2.05) is 32.9 Å². The van der Waals surface area contributed by atoms with Gasteiger partial charge in [-0.15, -0.1) is 0 Å². The quantitative estimate of drug-likeness (QED) is 0.447. The van der Waals surface area contributed by atoms with Crippen LogP contribution in [0.5, 0.6) is 0 Å². The number of esters is 1. The second-order valence-electron chi connectivity index (χ2n) is 7.28. The molecular formula is C21H29NO2. The van der Waals surface area contributed by atoms with E-state index in [2.05, 4.69) is 48.2 Å². The summed E-state index contributed by atoms with van der Waals surface area (Å²) in [6, 6.07) is 11.2. The van der Waals surface area contributed by atoms with E-state index >= 15 is 0 Å². The fourth-order valence-electron chi connectivity index (χ4n) is 3.01. The summed E-state index contributed by atoms with van der Waals surface area (Å²) in [5.41, 5.74) is 0.883. The fraction of sp³-hybridized carbons (Fsp3) is 0.476. The van der Waals surface area contributed by atoms with Crippen LogP contribution in [0.1, 0.15) is 52.1 Å². The second-order valence-corrected chi connectivity index (χ2v) is 7.28. The van der Waals surface area contributed by atoms with E-state index < -0.39 is 5.60 Å². The lowest BCUT2D eigenvalue weighted by atomic mass is 9.99.